The molecule has 3 unspecified atom stereocenters. The number of carboxylic acids is 1. The molecule has 3 atom stereocenters. The van der Waals surface area contributed by atoms with Gasteiger partial charge < -0.3 is 15.6 Å². The molecule has 0 spiro atoms. The first-order chi connectivity index (χ1) is 5.13. The minimum absolute atomic E-state index is 0.0129. The Morgan fingerprint density at radius 1 is 1.82 bits per heavy atom. The third-order valence-corrected chi connectivity index (χ3v) is 2.18. The predicted octanol–water partition coefficient (Wildman–Crippen LogP) is -0.177. The summed E-state index contributed by atoms with van der Waals surface area (Å²) in [6.45, 7) is 2.49. The molecule has 1 aliphatic rings. The van der Waals surface area contributed by atoms with E-state index in [0.29, 0.717) is 6.61 Å². The Bertz CT molecular complexity index is 160. The van der Waals surface area contributed by atoms with E-state index in [1.54, 1.807) is 0 Å². The number of carboxylic acid groups (broad SMARTS) is 1. The second-order valence-electron chi connectivity index (χ2n) is 2.89. The van der Waals surface area contributed by atoms with Crippen molar-refractivity contribution >= 4 is 5.97 Å². The van der Waals surface area contributed by atoms with Crippen LogP contribution in [0.4, 0.5) is 0 Å². The summed E-state index contributed by atoms with van der Waals surface area (Å²) in [4.78, 5) is 10.5. The second kappa shape index (κ2) is 3.19. The van der Waals surface area contributed by atoms with Gasteiger partial charge in [-0.2, -0.15) is 0 Å². The van der Waals surface area contributed by atoms with Gasteiger partial charge in [0.25, 0.3) is 0 Å². The highest BCUT2D eigenvalue weighted by Crippen LogP contribution is 2.22. The number of carbonyl (C=O) groups is 1. The number of aliphatic carboxylic acids is 1. The largest absolute Gasteiger partial charge is 0.480 e. The van der Waals surface area contributed by atoms with Crippen molar-refractivity contribution in [1.82, 2.24) is 0 Å². The van der Waals surface area contributed by atoms with Crippen molar-refractivity contribution < 1.29 is 14.6 Å². The zero-order valence-electron chi connectivity index (χ0n) is 6.49. The molecule has 0 saturated carbocycles. The third kappa shape index (κ3) is 1.70. The quantitative estimate of drug-likeness (QED) is 0.586. The fourth-order valence-electron chi connectivity index (χ4n) is 1.40. The van der Waals surface area contributed by atoms with Crippen LogP contribution in [-0.4, -0.2) is 29.8 Å². The van der Waals surface area contributed by atoms with E-state index >= 15 is 0 Å². The molecule has 1 fully saturated rings. The molecule has 4 heteroatoms. The number of hydrogen-bond acceptors (Lipinski definition) is 3. The van der Waals surface area contributed by atoms with Crippen molar-refractivity contribution in [1.29, 1.82) is 0 Å². The fraction of sp³-hybridized carbons (Fsp3) is 0.857. The molecule has 0 amide bonds. The number of nitrogens with two attached hydrogens (primary N) is 1. The highest BCUT2D eigenvalue weighted by Gasteiger charge is 2.33. The minimum atomic E-state index is -0.938. The van der Waals surface area contributed by atoms with Crippen LogP contribution in [0.2, 0.25) is 0 Å². The van der Waals surface area contributed by atoms with Gasteiger partial charge in [0.2, 0.25) is 0 Å². The molecule has 1 aliphatic heterocycles. The molecule has 1 rings (SSSR count). The lowest BCUT2D eigenvalue weighted by atomic mass is 9.94. The van der Waals surface area contributed by atoms with E-state index in [0.717, 1.165) is 6.42 Å². The summed E-state index contributed by atoms with van der Waals surface area (Å²) in [7, 11) is 0. The SMILES string of the molecule is CC1OCCC1C(N)C(=O)O. The van der Waals surface area contributed by atoms with E-state index in [1.807, 2.05) is 6.92 Å². The molecule has 64 valence electrons. The summed E-state index contributed by atoms with van der Waals surface area (Å²) in [5.74, 6) is -0.958. The van der Waals surface area contributed by atoms with Crippen LogP contribution in [0.5, 0.6) is 0 Å². The molecule has 4 nitrogen and oxygen atoms in total. The molecule has 11 heavy (non-hydrogen) atoms. The average molecular weight is 159 g/mol. The van der Waals surface area contributed by atoms with E-state index in [-0.39, 0.29) is 12.0 Å². The molecule has 1 saturated heterocycles. The molecule has 0 aromatic rings. The molecule has 3 N–H and O–H groups in total. The van der Waals surface area contributed by atoms with Crippen LogP contribution in [0.3, 0.4) is 0 Å². The Morgan fingerprint density at radius 3 is 2.82 bits per heavy atom. The molecular formula is C7H13NO3. The van der Waals surface area contributed by atoms with E-state index < -0.39 is 12.0 Å². The van der Waals surface area contributed by atoms with Crippen LogP contribution in [0.15, 0.2) is 0 Å². The molecule has 0 aliphatic carbocycles. The van der Waals surface area contributed by atoms with Crippen molar-refractivity contribution in [3.63, 3.8) is 0 Å². The highest BCUT2D eigenvalue weighted by atomic mass is 16.5. The number of ether oxygens (including phenoxy) is 1. The van der Waals surface area contributed by atoms with Crippen molar-refractivity contribution in [2.45, 2.75) is 25.5 Å². The summed E-state index contributed by atoms with van der Waals surface area (Å²) in [5.41, 5.74) is 5.43. The topological polar surface area (TPSA) is 72.5 Å². The molecular weight excluding hydrogens is 146 g/mol. The van der Waals surface area contributed by atoms with Gasteiger partial charge in [-0.25, -0.2) is 0 Å². The molecule has 0 bridgehead atoms. The van der Waals surface area contributed by atoms with Crippen molar-refractivity contribution in [2.75, 3.05) is 6.61 Å². The van der Waals surface area contributed by atoms with Gasteiger partial charge in [0, 0.05) is 12.5 Å². The Labute approximate surface area is 65.3 Å². The van der Waals surface area contributed by atoms with Crippen LogP contribution < -0.4 is 5.73 Å². The van der Waals surface area contributed by atoms with E-state index in [9.17, 15) is 4.79 Å². The van der Waals surface area contributed by atoms with Gasteiger partial charge in [0.05, 0.1) is 6.10 Å². The Hall–Kier alpha value is -0.610. The van der Waals surface area contributed by atoms with Crippen LogP contribution in [-0.2, 0) is 9.53 Å². The summed E-state index contributed by atoms with van der Waals surface area (Å²) >= 11 is 0. The summed E-state index contributed by atoms with van der Waals surface area (Å²) in [6.07, 6.45) is 0.746. The fourth-order valence-corrected chi connectivity index (χ4v) is 1.40. The van der Waals surface area contributed by atoms with Crippen LogP contribution >= 0.6 is 0 Å². The first-order valence-corrected chi connectivity index (χ1v) is 3.73. The second-order valence-corrected chi connectivity index (χ2v) is 2.89. The number of rotatable bonds is 2. The molecule has 0 aromatic heterocycles. The monoisotopic (exact) mass is 159 g/mol. The lowest BCUT2D eigenvalue weighted by Gasteiger charge is -2.17. The van der Waals surface area contributed by atoms with Crippen molar-refractivity contribution in [2.24, 2.45) is 11.7 Å². The third-order valence-electron chi connectivity index (χ3n) is 2.18. The molecule has 1 heterocycles. The molecule has 0 aromatic carbocycles. The average Bonchev–Trinajstić information content (AvgIpc) is 2.33. The van der Waals surface area contributed by atoms with Gasteiger partial charge in [-0.3, -0.25) is 4.79 Å². The Balaban J connectivity index is 2.52. The summed E-state index contributed by atoms with van der Waals surface area (Å²) in [6, 6.07) is -0.771. The van der Waals surface area contributed by atoms with Crippen molar-refractivity contribution in [3.8, 4) is 0 Å². The Kier molecular flexibility index (Phi) is 2.46. The standard InChI is InChI=1S/C7H13NO3/c1-4-5(2-3-11-4)6(8)7(9)10/h4-6H,2-3,8H2,1H3,(H,9,10). The van der Waals surface area contributed by atoms with Gasteiger partial charge in [-0.05, 0) is 13.3 Å². The van der Waals surface area contributed by atoms with Gasteiger partial charge in [-0.15, -0.1) is 0 Å². The Morgan fingerprint density at radius 2 is 2.45 bits per heavy atom. The molecule has 0 radical (unpaired) electrons. The first-order valence-electron chi connectivity index (χ1n) is 3.73. The maximum absolute atomic E-state index is 10.5. The maximum atomic E-state index is 10.5. The smallest absolute Gasteiger partial charge is 0.320 e. The van der Waals surface area contributed by atoms with E-state index in [2.05, 4.69) is 0 Å². The van der Waals surface area contributed by atoms with Gasteiger partial charge in [0.15, 0.2) is 0 Å². The highest BCUT2D eigenvalue weighted by molar-refractivity contribution is 5.73. The lowest BCUT2D eigenvalue weighted by molar-refractivity contribution is -0.140. The van der Waals surface area contributed by atoms with Gasteiger partial charge in [-0.1, -0.05) is 0 Å². The lowest BCUT2D eigenvalue weighted by Crippen LogP contribution is -2.40. The van der Waals surface area contributed by atoms with Gasteiger partial charge >= 0.3 is 5.97 Å². The number of hydrogen-bond donors (Lipinski definition) is 2. The van der Waals surface area contributed by atoms with Crippen molar-refractivity contribution in [3.05, 3.63) is 0 Å². The minimum Gasteiger partial charge on any atom is -0.480 e. The van der Waals surface area contributed by atoms with E-state index in [4.69, 9.17) is 15.6 Å². The first kappa shape index (κ1) is 8.49. The zero-order valence-corrected chi connectivity index (χ0v) is 6.49. The summed E-state index contributed by atoms with van der Waals surface area (Å²) < 4.78 is 5.19. The van der Waals surface area contributed by atoms with E-state index in [1.165, 1.54) is 0 Å². The van der Waals surface area contributed by atoms with Crippen LogP contribution in [0.1, 0.15) is 13.3 Å². The maximum Gasteiger partial charge on any atom is 0.320 e. The summed E-state index contributed by atoms with van der Waals surface area (Å²) in [5, 5.41) is 8.58. The van der Waals surface area contributed by atoms with Crippen LogP contribution in [0, 0.1) is 5.92 Å². The zero-order chi connectivity index (χ0) is 8.43. The predicted molar refractivity (Wildman–Crippen MR) is 39.1 cm³/mol. The normalized spacial score (nSPS) is 33.6. The van der Waals surface area contributed by atoms with Crippen LogP contribution in [0.25, 0.3) is 0 Å². The van der Waals surface area contributed by atoms with Gasteiger partial charge in [0.1, 0.15) is 6.04 Å².